The molecule has 0 aliphatic carbocycles. The van der Waals surface area contributed by atoms with Crippen LogP contribution in [0.5, 0.6) is 5.75 Å². The summed E-state index contributed by atoms with van der Waals surface area (Å²) >= 11 is 0. The molecule has 2 aromatic heterocycles. The average molecular weight is 435 g/mol. The number of fused-ring (bicyclic) bond motifs is 1. The van der Waals surface area contributed by atoms with Crippen LogP contribution in [0, 0.1) is 12.8 Å². The average Bonchev–Trinajstić information content (AvgIpc) is 3.29. The number of anilines is 2. The number of hydrogen-bond donors (Lipinski definition) is 0. The van der Waals surface area contributed by atoms with Crippen LogP contribution < -0.4 is 14.5 Å². The van der Waals surface area contributed by atoms with Gasteiger partial charge in [-0.15, -0.1) is 10.2 Å². The number of amides is 1. The predicted octanol–water partition coefficient (Wildman–Crippen LogP) is 2.61. The molecule has 8 nitrogen and oxygen atoms in total. The second-order valence-corrected chi connectivity index (χ2v) is 8.66. The van der Waals surface area contributed by atoms with Gasteiger partial charge in [-0.05, 0) is 56.2 Å². The number of nitrogens with zero attached hydrogens (tertiary/aromatic N) is 6. The van der Waals surface area contributed by atoms with Gasteiger partial charge in [0, 0.05) is 50.6 Å². The van der Waals surface area contributed by atoms with E-state index in [0.29, 0.717) is 6.54 Å². The molecule has 0 bridgehead atoms. The van der Waals surface area contributed by atoms with Crippen LogP contribution in [0.4, 0.5) is 11.6 Å². The van der Waals surface area contributed by atoms with Crippen molar-refractivity contribution < 1.29 is 9.53 Å². The molecule has 1 atom stereocenters. The summed E-state index contributed by atoms with van der Waals surface area (Å²) in [7, 11) is 1.68. The van der Waals surface area contributed by atoms with E-state index < -0.39 is 0 Å². The number of piperazine rings is 1. The van der Waals surface area contributed by atoms with Gasteiger partial charge in [-0.3, -0.25) is 9.20 Å². The highest BCUT2D eigenvalue weighted by molar-refractivity contribution is 5.80. The third kappa shape index (κ3) is 3.85. The van der Waals surface area contributed by atoms with E-state index in [2.05, 4.69) is 49.5 Å². The Kier molecular flexibility index (Phi) is 5.59. The molecule has 0 radical (unpaired) electrons. The molecule has 3 aromatic rings. The van der Waals surface area contributed by atoms with Gasteiger partial charge in [0.05, 0.1) is 13.0 Å². The zero-order valence-corrected chi connectivity index (χ0v) is 18.8. The second-order valence-electron chi connectivity index (χ2n) is 8.66. The van der Waals surface area contributed by atoms with Gasteiger partial charge in [0.15, 0.2) is 5.65 Å². The lowest BCUT2D eigenvalue weighted by molar-refractivity contribution is -0.136. The fraction of sp³-hybridized carbons (Fsp3) is 0.458. The highest BCUT2D eigenvalue weighted by Gasteiger charge is 2.32. The number of aryl methyl sites for hydroxylation is 1. The normalized spacial score (nSPS) is 19.4. The number of rotatable bonds is 4. The number of carbonyl (C=O) groups is 1. The number of piperidine rings is 1. The standard InChI is InChI=1S/C24H30N6O2/c1-18-5-3-7-22-25-26-24(30(18)22)29-12-4-6-19(17-29)23(31)28-15-13-27(14-16-28)20-8-10-21(32-2)11-9-20/h3,5,7-11,19H,4,6,12-17H2,1-2H3/t19-/m0/s1. The van der Waals surface area contributed by atoms with Crippen LogP contribution in [0.1, 0.15) is 18.5 Å². The predicted molar refractivity (Wildman–Crippen MR) is 124 cm³/mol. The highest BCUT2D eigenvalue weighted by atomic mass is 16.5. The molecule has 168 valence electrons. The van der Waals surface area contributed by atoms with Crippen molar-refractivity contribution in [1.29, 1.82) is 0 Å². The number of aromatic nitrogens is 3. The lowest BCUT2D eigenvalue weighted by Gasteiger charge is -2.39. The number of pyridine rings is 1. The van der Waals surface area contributed by atoms with E-state index in [4.69, 9.17) is 4.74 Å². The molecular weight excluding hydrogens is 404 g/mol. The monoisotopic (exact) mass is 434 g/mol. The minimum absolute atomic E-state index is 0.00709. The Bertz CT molecular complexity index is 1090. The van der Waals surface area contributed by atoms with E-state index in [0.717, 1.165) is 68.6 Å². The summed E-state index contributed by atoms with van der Waals surface area (Å²) in [6.07, 6.45) is 1.92. The van der Waals surface area contributed by atoms with Gasteiger partial charge in [-0.2, -0.15) is 0 Å². The Balaban J connectivity index is 1.23. The molecule has 5 rings (SSSR count). The fourth-order valence-corrected chi connectivity index (χ4v) is 4.88. The van der Waals surface area contributed by atoms with E-state index in [1.54, 1.807) is 7.11 Å². The molecule has 2 fully saturated rings. The van der Waals surface area contributed by atoms with Crippen molar-refractivity contribution in [1.82, 2.24) is 19.5 Å². The Hall–Kier alpha value is -3.29. The van der Waals surface area contributed by atoms with Gasteiger partial charge in [-0.1, -0.05) is 6.07 Å². The summed E-state index contributed by atoms with van der Waals surface area (Å²) in [4.78, 5) is 20.0. The molecule has 32 heavy (non-hydrogen) atoms. The lowest BCUT2D eigenvalue weighted by Crippen LogP contribution is -2.52. The topological polar surface area (TPSA) is 66.2 Å². The molecule has 0 saturated carbocycles. The molecule has 2 saturated heterocycles. The largest absolute Gasteiger partial charge is 0.497 e. The van der Waals surface area contributed by atoms with Crippen LogP contribution in [0.15, 0.2) is 42.5 Å². The molecule has 0 unspecified atom stereocenters. The quantitative estimate of drug-likeness (QED) is 0.629. The maximum absolute atomic E-state index is 13.3. The highest BCUT2D eigenvalue weighted by Crippen LogP contribution is 2.26. The Morgan fingerprint density at radius 2 is 1.75 bits per heavy atom. The number of ether oxygens (including phenoxy) is 1. The molecular formula is C24H30N6O2. The molecule has 2 aliphatic rings. The fourth-order valence-electron chi connectivity index (χ4n) is 4.88. The first-order chi connectivity index (χ1) is 15.6. The van der Waals surface area contributed by atoms with Gasteiger partial charge in [0.1, 0.15) is 5.75 Å². The van der Waals surface area contributed by atoms with Gasteiger partial charge in [0.2, 0.25) is 11.9 Å². The zero-order valence-electron chi connectivity index (χ0n) is 18.8. The molecule has 8 heteroatoms. The minimum atomic E-state index is 0.00709. The SMILES string of the molecule is COc1ccc(N2CCN(C(=O)[C@H]3CCCN(c4nnc5cccc(C)n45)C3)CC2)cc1. The van der Waals surface area contributed by atoms with Crippen molar-refractivity contribution in [3.63, 3.8) is 0 Å². The van der Waals surface area contributed by atoms with E-state index >= 15 is 0 Å². The van der Waals surface area contributed by atoms with E-state index in [-0.39, 0.29) is 11.8 Å². The van der Waals surface area contributed by atoms with Crippen molar-refractivity contribution in [2.75, 3.05) is 56.2 Å². The first-order valence-electron chi connectivity index (χ1n) is 11.4. The summed E-state index contributed by atoms with van der Waals surface area (Å²) in [6.45, 7) is 6.89. The summed E-state index contributed by atoms with van der Waals surface area (Å²) in [6, 6.07) is 14.2. The molecule has 2 aliphatic heterocycles. The third-order valence-electron chi connectivity index (χ3n) is 6.69. The summed E-state index contributed by atoms with van der Waals surface area (Å²) in [5, 5.41) is 8.77. The minimum Gasteiger partial charge on any atom is -0.497 e. The first-order valence-corrected chi connectivity index (χ1v) is 11.4. The van der Waals surface area contributed by atoms with Crippen molar-refractivity contribution in [3.05, 3.63) is 48.2 Å². The first kappa shape index (κ1) is 20.6. The molecule has 0 spiro atoms. The van der Waals surface area contributed by atoms with Crippen LogP contribution in [0.2, 0.25) is 0 Å². The smallest absolute Gasteiger partial charge is 0.231 e. The van der Waals surface area contributed by atoms with Crippen molar-refractivity contribution in [2.24, 2.45) is 5.92 Å². The van der Waals surface area contributed by atoms with Crippen LogP contribution in [0.3, 0.4) is 0 Å². The number of carbonyl (C=O) groups excluding carboxylic acids is 1. The molecule has 0 N–H and O–H groups in total. The van der Waals surface area contributed by atoms with Crippen molar-refractivity contribution >= 4 is 23.2 Å². The Morgan fingerprint density at radius 3 is 2.50 bits per heavy atom. The van der Waals surface area contributed by atoms with Crippen LogP contribution >= 0.6 is 0 Å². The maximum atomic E-state index is 13.3. The van der Waals surface area contributed by atoms with E-state index in [1.165, 1.54) is 5.69 Å². The molecule has 1 amide bonds. The zero-order chi connectivity index (χ0) is 22.1. The summed E-state index contributed by atoms with van der Waals surface area (Å²) in [5.41, 5.74) is 3.13. The number of methoxy groups -OCH3 is 1. The van der Waals surface area contributed by atoms with Gasteiger partial charge < -0.3 is 19.4 Å². The van der Waals surface area contributed by atoms with Crippen LogP contribution in [-0.4, -0.2) is 71.8 Å². The Morgan fingerprint density at radius 1 is 0.969 bits per heavy atom. The number of hydrogen-bond acceptors (Lipinski definition) is 6. The Labute approximate surface area is 188 Å². The van der Waals surface area contributed by atoms with E-state index in [9.17, 15) is 4.79 Å². The van der Waals surface area contributed by atoms with E-state index in [1.807, 2.05) is 29.2 Å². The summed E-state index contributed by atoms with van der Waals surface area (Å²) in [5.74, 6) is 1.99. The molecule has 4 heterocycles. The van der Waals surface area contributed by atoms with Crippen LogP contribution in [-0.2, 0) is 4.79 Å². The van der Waals surface area contributed by atoms with Gasteiger partial charge in [-0.25, -0.2) is 0 Å². The van der Waals surface area contributed by atoms with Gasteiger partial charge in [0.25, 0.3) is 0 Å². The van der Waals surface area contributed by atoms with Gasteiger partial charge >= 0.3 is 0 Å². The molecule has 1 aromatic carbocycles. The second kappa shape index (κ2) is 8.68. The number of benzene rings is 1. The third-order valence-corrected chi connectivity index (χ3v) is 6.69. The summed E-state index contributed by atoms with van der Waals surface area (Å²) < 4.78 is 7.34. The lowest BCUT2D eigenvalue weighted by atomic mass is 9.96. The van der Waals surface area contributed by atoms with Crippen LogP contribution in [0.25, 0.3) is 5.65 Å². The maximum Gasteiger partial charge on any atom is 0.231 e. The van der Waals surface area contributed by atoms with Crippen molar-refractivity contribution in [3.8, 4) is 5.75 Å². The van der Waals surface area contributed by atoms with Crippen molar-refractivity contribution in [2.45, 2.75) is 19.8 Å².